The van der Waals surface area contributed by atoms with Crippen molar-refractivity contribution in [1.82, 2.24) is 0 Å². The molecule has 1 heterocycles. The number of halogens is 3. The third-order valence-electron chi connectivity index (χ3n) is 2.11. The number of rotatable bonds is 1. The summed E-state index contributed by atoms with van der Waals surface area (Å²) in [7, 11) is -1.10. The second-order valence-corrected chi connectivity index (χ2v) is 5.83. The van der Waals surface area contributed by atoms with Crippen LogP contribution >= 0.6 is 11.8 Å². The zero-order valence-corrected chi connectivity index (χ0v) is 9.59. The molecule has 0 amide bonds. The van der Waals surface area contributed by atoms with E-state index < -0.39 is 22.5 Å². The maximum atomic E-state index is 12.3. The van der Waals surface area contributed by atoms with Gasteiger partial charge < -0.3 is 0 Å². The topological polar surface area (TPSA) is 17.1 Å². The van der Waals surface area contributed by atoms with Crippen LogP contribution in [0, 0.1) is 0 Å². The second kappa shape index (κ2) is 4.25. The Morgan fingerprint density at radius 2 is 1.81 bits per heavy atom. The Bertz CT molecular complexity index is 448. The van der Waals surface area contributed by atoms with Gasteiger partial charge in [-0.1, -0.05) is 12.1 Å². The molecule has 0 saturated carbocycles. The van der Waals surface area contributed by atoms with Gasteiger partial charge in [-0.05, 0) is 23.1 Å². The number of hydrogen-bond donors (Lipinski definition) is 0. The minimum atomic E-state index is -4.32. The summed E-state index contributed by atoms with van der Waals surface area (Å²) in [6.45, 7) is 0. The molecule has 0 fully saturated rings. The van der Waals surface area contributed by atoms with Crippen LogP contribution in [0.25, 0.3) is 4.91 Å². The molecule has 1 atom stereocenters. The highest BCUT2D eigenvalue weighted by Crippen LogP contribution is 2.33. The summed E-state index contributed by atoms with van der Waals surface area (Å²) >= 11 is 1.41. The van der Waals surface area contributed by atoms with Crippen LogP contribution < -0.4 is 0 Å². The second-order valence-electron chi connectivity index (χ2n) is 3.19. The van der Waals surface area contributed by atoms with Gasteiger partial charge in [0.15, 0.2) is 0 Å². The monoisotopic (exact) mass is 264 g/mol. The van der Waals surface area contributed by atoms with Crippen molar-refractivity contribution in [2.24, 2.45) is 0 Å². The van der Waals surface area contributed by atoms with Gasteiger partial charge in [0.25, 0.3) is 0 Å². The first-order chi connectivity index (χ1) is 7.48. The van der Waals surface area contributed by atoms with Gasteiger partial charge in [0, 0.05) is 0 Å². The van der Waals surface area contributed by atoms with Crippen LogP contribution in [-0.4, -0.2) is 9.29 Å². The first kappa shape index (κ1) is 11.7. The summed E-state index contributed by atoms with van der Waals surface area (Å²) in [5.41, 5.74) is -0.0929. The quantitative estimate of drug-likeness (QED) is 0.772. The number of alkyl halides is 3. The summed E-state index contributed by atoms with van der Waals surface area (Å²) < 4.78 is 48.3. The van der Waals surface area contributed by atoms with Gasteiger partial charge >= 0.3 is 6.18 Å². The van der Waals surface area contributed by atoms with Gasteiger partial charge in [0.2, 0.25) is 0 Å². The summed E-state index contributed by atoms with van der Waals surface area (Å²) in [4.78, 5) is 0.610. The van der Waals surface area contributed by atoms with E-state index in [1.807, 2.05) is 0 Å². The van der Waals surface area contributed by atoms with Crippen molar-refractivity contribution < 1.29 is 17.4 Å². The average molecular weight is 264 g/mol. The Kier molecular flexibility index (Phi) is 3.12. The highest BCUT2D eigenvalue weighted by atomic mass is 32.2. The lowest BCUT2D eigenvalue weighted by Crippen LogP contribution is -2.04. The molecule has 0 aromatic heterocycles. The lowest BCUT2D eigenvalue weighted by Gasteiger charge is -2.07. The van der Waals surface area contributed by atoms with Crippen molar-refractivity contribution in [3.05, 3.63) is 40.8 Å². The predicted molar refractivity (Wildman–Crippen MR) is 60.0 cm³/mol. The smallest absolute Gasteiger partial charge is 0.253 e. The Balaban J connectivity index is 2.30. The molecule has 1 unspecified atom stereocenters. The number of benzene rings is 1. The first-order valence-corrected chi connectivity index (χ1v) is 6.73. The third kappa shape index (κ3) is 2.32. The van der Waals surface area contributed by atoms with E-state index in [0.717, 1.165) is 12.1 Å². The van der Waals surface area contributed by atoms with Crippen molar-refractivity contribution in [2.75, 3.05) is 5.08 Å². The van der Waals surface area contributed by atoms with E-state index in [2.05, 4.69) is 0 Å². The highest BCUT2D eigenvalue weighted by Gasteiger charge is 2.30. The lowest BCUT2D eigenvalue weighted by molar-refractivity contribution is -0.137. The third-order valence-corrected chi connectivity index (χ3v) is 4.90. The van der Waals surface area contributed by atoms with Gasteiger partial charge in [0.05, 0.1) is 26.4 Å². The fourth-order valence-corrected chi connectivity index (χ4v) is 3.91. The SMILES string of the molecule is O=S1CSC=C1c1ccc(C(F)(F)F)cc1. The largest absolute Gasteiger partial charge is 0.416 e. The Morgan fingerprint density at radius 1 is 1.19 bits per heavy atom. The molecule has 0 N–H and O–H groups in total. The van der Waals surface area contributed by atoms with Crippen LogP contribution in [-0.2, 0) is 17.0 Å². The van der Waals surface area contributed by atoms with Gasteiger partial charge in [-0.2, -0.15) is 13.2 Å². The molecule has 1 aromatic rings. The molecule has 1 aliphatic rings. The predicted octanol–water partition coefficient (Wildman–Crippen LogP) is 3.46. The van der Waals surface area contributed by atoms with Crippen molar-refractivity contribution in [1.29, 1.82) is 0 Å². The molecule has 0 bridgehead atoms. The molecule has 2 rings (SSSR count). The molecule has 6 heteroatoms. The summed E-state index contributed by atoms with van der Waals surface area (Å²) in [5.74, 6) is 0. The number of hydrogen-bond acceptors (Lipinski definition) is 2. The van der Waals surface area contributed by atoms with Crippen LogP contribution in [0.4, 0.5) is 13.2 Å². The summed E-state index contributed by atoms with van der Waals surface area (Å²) in [6.07, 6.45) is -4.32. The highest BCUT2D eigenvalue weighted by molar-refractivity contribution is 8.18. The molecule has 0 aliphatic carbocycles. The van der Waals surface area contributed by atoms with Crippen molar-refractivity contribution >= 4 is 27.5 Å². The Morgan fingerprint density at radius 3 is 2.25 bits per heavy atom. The van der Waals surface area contributed by atoms with Crippen molar-refractivity contribution in [2.45, 2.75) is 6.18 Å². The van der Waals surface area contributed by atoms with E-state index in [4.69, 9.17) is 0 Å². The molecule has 1 nitrogen and oxygen atoms in total. The van der Waals surface area contributed by atoms with Gasteiger partial charge in [-0.25, -0.2) is 0 Å². The molecule has 1 aliphatic heterocycles. The van der Waals surface area contributed by atoms with E-state index in [9.17, 15) is 17.4 Å². The minimum Gasteiger partial charge on any atom is -0.253 e. The van der Waals surface area contributed by atoms with E-state index >= 15 is 0 Å². The van der Waals surface area contributed by atoms with E-state index in [-0.39, 0.29) is 0 Å². The average Bonchev–Trinajstić information content (AvgIpc) is 2.63. The fraction of sp³-hybridized carbons (Fsp3) is 0.200. The summed E-state index contributed by atoms with van der Waals surface area (Å²) in [6, 6.07) is 4.74. The zero-order chi connectivity index (χ0) is 11.8. The van der Waals surface area contributed by atoms with E-state index in [1.54, 1.807) is 5.41 Å². The van der Waals surface area contributed by atoms with Crippen LogP contribution in [0.1, 0.15) is 11.1 Å². The van der Waals surface area contributed by atoms with Gasteiger partial charge in [-0.3, -0.25) is 4.21 Å². The van der Waals surface area contributed by atoms with Crippen LogP contribution in [0.2, 0.25) is 0 Å². The minimum absolute atomic E-state index is 0.482. The zero-order valence-electron chi connectivity index (χ0n) is 7.95. The first-order valence-electron chi connectivity index (χ1n) is 4.36. The van der Waals surface area contributed by atoms with Crippen molar-refractivity contribution in [3.63, 3.8) is 0 Å². The van der Waals surface area contributed by atoms with Crippen molar-refractivity contribution in [3.8, 4) is 0 Å². The molecule has 0 radical (unpaired) electrons. The molecule has 0 saturated heterocycles. The maximum Gasteiger partial charge on any atom is 0.416 e. The molecule has 1 aromatic carbocycles. The van der Waals surface area contributed by atoms with E-state index in [1.165, 1.54) is 23.9 Å². The molecular weight excluding hydrogens is 257 g/mol. The normalized spacial score (nSPS) is 20.9. The maximum absolute atomic E-state index is 12.3. The Hall–Kier alpha value is -0.750. The molecule has 86 valence electrons. The van der Waals surface area contributed by atoms with Gasteiger partial charge in [-0.15, -0.1) is 11.8 Å². The Labute approximate surface area is 97.2 Å². The molecule has 0 spiro atoms. The molecule has 16 heavy (non-hydrogen) atoms. The lowest BCUT2D eigenvalue weighted by atomic mass is 10.1. The van der Waals surface area contributed by atoms with Gasteiger partial charge in [0.1, 0.15) is 0 Å². The van der Waals surface area contributed by atoms with E-state index in [0.29, 0.717) is 15.6 Å². The molecular formula is C10H7F3OS2. The fourth-order valence-electron chi connectivity index (χ4n) is 1.31. The van der Waals surface area contributed by atoms with Crippen LogP contribution in [0.3, 0.4) is 0 Å². The summed E-state index contributed by atoms with van der Waals surface area (Å²) in [5, 5.41) is 2.22. The standard InChI is InChI=1S/C10H7F3OS2/c11-10(12,13)8-3-1-7(2-4-8)9-5-15-6-16(9)14/h1-5H,6H2. The van der Waals surface area contributed by atoms with Crippen LogP contribution in [0.5, 0.6) is 0 Å². The number of thioether (sulfide) groups is 1. The van der Waals surface area contributed by atoms with Crippen LogP contribution in [0.15, 0.2) is 29.7 Å².